The molecule has 4 nitrogen and oxygen atoms in total. The quantitative estimate of drug-likeness (QED) is 0.911. The summed E-state index contributed by atoms with van der Waals surface area (Å²) >= 11 is 1.35. The van der Waals surface area contributed by atoms with Crippen molar-refractivity contribution in [2.75, 3.05) is 5.32 Å². The van der Waals surface area contributed by atoms with E-state index in [1.807, 2.05) is 37.4 Å². The largest absolute Gasteiger partial charge is 0.340 e. The fourth-order valence-electron chi connectivity index (χ4n) is 1.85. The second-order valence-corrected chi connectivity index (χ2v) is 5.93. The van der Waals surface area contributed by atoms with Gasteiger partial charge in [-0.3, -0.25) is 9.59 Å². The van der Waals surface area contributed by atoms with Crippen LogP contribution in [0.3, 0.4) is 0 Å². The van der Waals surface area contributed by atoms with E-state index in [0.717, 1.165) is 16.8 Å². The molecule has 0 fully saturated rings. The van der Waals surface area contributed by atoms with Crippen molar-refractivity contribution in [2.24, 2.45) is 0 Å². The van der Waals surface area contributed by atoms with Gasteiger partial charge in [0, 0.05) is 5.69 Å². The van der Waals surface area contributed by atoms with Crippen LogP contribution in [0.5, 0.6) is 0 Å². The van der Waals surface area contributed by atoms with Crippen LogP contribution in [0.1, 0.15) is 27.7 Å². The summed E-state index contributed by atoms with van der Waals surface area (Å²) in [5, 5.41) is 7.38. The molecule has 0 aliphatic heterocycles. The standard InChI is InChI=1S/C16H18N2O2S/c1-10-6-7-11(2)13(9-10)18-15(19)12(3)17-16(20)14-5-4-8-21-14/h4-9,12H,1-3H3,(H,17,20)(H,18,19)/t12-/m0/s1. The summed E-state index contributed by atoms with van der Waals surface area (Å²) in [6, 6.07) is 8.81. The van der Waals surface area contributed by atoms with Crippen LogP contribution in [-0.2, 0) is 4.79 Å². The maximum Gasteiger partial charge on any atom is 0.261 e. The lowest BCUT2D eigenvalue weighted by Crippen LogP contribution is -2.41. The van der Waals surface area contributed by atoms with Gasteiger partial charge in [0.2, 0.25) is 5.91 Å². The summed E-state index contributed by atoms with van der Waals surface area (Å²) < 4.78 is 0. The molecule has 0 aliphatic rings. The van der Waals surface area contributed by atoms with Gasteiger partial charge in [-0.15, -0.1) is 11.3 Å². The van der Waals surface area contributed by atoms with Crippen molar-refractivity contribution in [1.29, 1.82) is 0 Å². The molecule has 2 aromatic rings. The van der Waals surface area contributed by atoms with E-state index in [-0.39, 0.29) is 11.8 Å². The van der Waals surface area contributed by atoms with Gasteiger partial charge in [0.15, 0.2) is 0 Å². The number of aryl methyl sites for hydroxylation is 2. The number of anilines is 1. The Bertz CT molecular complexity index is 650. The summed E-state index contributed by atoms with van der Waals surface area (Å²) in [6.45, 7) is 5.58. The van der Waals surface area contributed by atoms with Gasteiger partial charge < -0.3 is 10.6 Å². The number of carbonyl (C=O) groups is 2. The third kappa shape index (κ3) is 3.92. The second kappa shape index (κ2) is 6.54. The van der Waals surface area contributed by atoms with Crippen molar-refractivity contribution < 1.29 is 9.59 Å². The second-order valence-electron chi connectivity index (χ2n) is 4.98. The third-order valence-electron chi connectivity index (χ3n) is 3.14. The van der Waals surface area contributed by atoms with Crippen LogP contribution < -0.4 is 10.6 Å². The molecule has 21 heavy (non-hydrogen) atoms. The molecule has 110 valence electrons. The van der Waals surface area contributed by atoms with Gasteiger partial charge in [-0.25, -0.2) is 0 Å². The van der Waals surface area contributed by atoms with Crippen LogP contribution in [0.25, 0.3) is 0 Å². The van der Waals surface area contributed by atoms with Crippen LogP contribution in [0.2, 0.25) is 0 Å². The average molecular weight is 302 g/mol. The highest BCUT2D eigenvalue weighted by molar-refractivity contribution is 7.12. The van der Waals surface area contributed by atoms with E-state index in [4.69, 9.17) is 0 Å². The van der Waals surface area contributed by atoms with Crippen molar-refractivity contribution in [2.45, 2.75) is 26.8 Å². The Balaban J connectivity index is 1.99. The van der Waals surface area contributed by atoms with E-state index < -0.39 is 6.04 Å². The van der Waals surface area contributed by atoms with Gasteiger partial charge in [0.25, 0.3) is 5.91 Å². The molecular formula is C16H18N2O2S. The fraction of sp³-hybridized carbons (Fsp3) is 0.250. The Labute approximate surface area is 128 Å². The summed E-state index contributed by atoms with van der Waals surface area (Å²) in [5.41, 5.74) is 2.84. The average Bonchev–Trinajstić information content (AvgIpc) is 2.97. The number of hydrogen-bond donors (Lipinski definition) is 2. The Kier molecular flexibility index (Phi) is 4.75. The molecule has 1 aromatic carbocycles. The molecule has 2 amide bonds. The molecule has 0 bridgehead atoms. The lowest BCUT2D eigenvalue weighted by Gasteiger charge is -2.15. The predicted octanol–water partition coefficient (Wildman–Crippen LogP) is 3.12. The molecule has 0 radical (unpaired) electrons. The van der Waals surface area contributed by atoms with Crippen LogP contribution in [0.4, 0.5) is 5.69 Å². The van der Waals surface area contributed by atoms with Crippen molar-refractivity contribution >= 4 is 28.8 Å². The van der Waals surface area contributed by atoms with Crippen LogP contribution in [0, 0.1) is 13.8 Å². The highest BCUT2D eigenvalue weighted by Crippen LogP contribution is 2.16. The highest BCUT2D eigenvalue weighted by Gasteiger charge is 2.17. The molecule has 0 saturated heterocycles. The van der Waals surface area contributed by atoms with E-state index in [1.165, 1.54) is 11.3 Å². The Hall–Kier alpha value is -2.14. The van der Waals surface area contributed by atoms with E-state index in [1.54, 1.807) is 19.1 Å². The summed E-state index contributed by atoms with van der Waals surface area (Å²) in [7, 11) is 0. The Morgan fingerprint density at radius 3 is 2.62 bits per heavy atom. The fourth-order valence-corrected chi connectivity index (χ4v) is 2.48. The minimum Gasteiger partial charge on any atom is -0.340 e. The molecule has 2 rings (SSSR count). The highest BCUT2D eigenvalue weighted by atomic mass is 32.1. The monoisotopic (exact) mass is 302 g/mol. The molecule has 2 N–H and O–H groups in total. The molecule has 5 heteroatoms. The topological polar surface area (TPSA) is 58.2 Å². The molecule has 0 aliphatic carbocycles. The van der Waals surface area contributed by atoms with E-state index in [2.05, 4.69) is 10.6 Å². The molecule has 0 spiro atoms. The molecule has 0 unspecified atom stereocenters. The number of benzene rings is 1. The van der Waals surface area contributed by atoms with Gasteiger partial charge in [-0.2, -0.15) is 0 Å². The molecular weight excluding hydrogens is 284 g/mol. The lowest BCUT2D eigenvalue weighted by atomic mass is 10.1. The van der Waals surface area contributed by atoms with Gasteiger partial charge in [0.1, 0.15) is 6.04 Å². The zero-order valence-electron chi connectivity index (χ0n) is 12.3. The number of hydrogen-bond acceptors (Lipinski definition) is 3. The van der Waals surface area contributed by atoms with Crippen molar-refractivity contribution in [3.8, 4) is 0 Å². The first kappa shape index (κ1) is 15.3. The van der Waals surface area contributed by atoms with Crippen LogP contribution in [0.15, 0.2) is 35.7 Å². The van der Waals surface area contributed by atoms with Gasteiger partial charge in [-0.1, -0.05) is 18.2 Å². The summed E-state index contributed by atoms with van der Waals surface area (Å²) in [4.78, 5) is 24.7. The van der Waals surface area contributed by atoms with Crippen molar-refractivity contribution in [3.63, 3.8) is 0 Å². The number of rotatable bonds is 4. The van der Waals surface area contributed by atoms with Crippen LogP contribution in [-0.4, -0.2) is 17.9 Å². The van der Waals surface area contributed by atoms with Gasteiger partial charge >= 0.3 is 0 Å². The first-order valence-electron chi connectivity index (χ1n) is 6.70. The SMILES string of the molecule is Cc1ccc(C)c(NC(=O)[C@H](C)NC(=O)c2cccs2)c1. The Morgan fingerprint density at radius 2 is 1.95 bits per heavy atom. The maximum absolute atomic E-state index is 12.2. The third-order valence-corrected chi connectivity index (χ3v) is 4.01. The zero-order chi connectivity index (χ0) is 15.4. The summed E-state index contributed by atoms with van der Waals surface area (Å²) in [5.74, 6) is -0.456. The summed E-state index contributed by atoms with van der Waals surface area (Å²) in [6.07, 6.45) is 0. The van der Waals surface area contributed by atoms with Crippen molar-refractivity contribution in [3.05, 3.63) is 51.7 Å². The van der Waals surface area contributed by atoms with Gasteiger partial charge in [-0.05, 0) is 49.4 Å². The molecule has 0 saturated carbocycles. The number of amides is 2. The number of carbonyl (C=O) groups excluding carboxylic acids is 2. The van der Waals surface area contributed by atoms with Gasteiger partial charge in [0.05, 0.1) is 4.88 Å². The predicted molar refractivity (Wildman–Crippen MR) is 85.8 cm³/mol. The maximum atomic E-state index is 12.2. The minimum atomic E-state index is -0.598. The zero-order valence-corrected chi connectivity index (χ0v) is 13.1. The lowest BCUT2D eigenvalue weighted by molar-refractivity contribution is -0.117. The smallest absolute Gasteiger partial charge is 0.261 e. The molecule has 1 heterocycles. The molecule has 1 aromatic heterocycles. The van der Waals surface area contributed by atoms with E-state index >= 15 is 0 Å². The molecule has 1 atom stereocenters. The first-order valence-corrected chi connectivity index (χ1v) is 7.58. The number of nitrogens with one attached hydrogen (secondary N) is 2. The number of thiophene rings is 1. The minimum absolute atomic E-state index is 0.228. The van der Waals surface area contributed by atoms with Crippen LogP contribution >= 0.6 is 11.3 Å². The Morgan fingerprint density at radius 1 is 1.19 bits per heavy atom. The van der Waals surface area contributed by atoms with E-state index in [9.17, 15) is 9.59 Å². The van der Waals surface area contributed by atoms with Crippen molar-refractivity contribution in [1.82, 2.24) is 5.32 Å². The normalized spacial score (nSPS) is 11.8. The first-order chi connectivity index (χ1) is 9.97. The van der Waals surface area contributed by atoms with E-state index in [0.29, 0.717) is 4.88 Å².